The summed E-state index contributed by atoms with van der Waals surface area (Å²) in [7, 11) is 0. The van der Waals surface area contributed by atoms with Gasteiger partial charge in [-0.25, -0.2) is 0 Å². The zero-order chi connectivity index (χ0) is 21.3. The molecule has 8 heteroatoms. The van der Waals surface area contributed by atoms with Crippen LogP contribution in [0.5, 0.6) is 0 Å². The van der Waals surface area contributed by atoms with Crippen LogP contribution in [0.1, 0.15) is 6.92 Å². The van der Waals surface area contributed by atoms with Gasteiger partial charge >= 0.3 is 11.1 Å². The van der Waals surface area contributed by atoms with Crippen LogP contribution in [0.25, 0.3) is 11.0 Å². The van der Waals surface area contributed by atoms with Gasteiger partial charge in [0.05, 0.1) is 11.0 Å². The zero-order valence-electron chi connectivity index (χ0n) is 16.8. The highest BCUT2D eigenvalue weighted by Crippen LogP contribution is 2.19. The monoisotopic (exact) mass is 426 g/mol. The van der Waals surface area contributed by atoms with Gasteiger partial charge in [0, 0.05) is 43.4 Å². The number of aryl methyl sites for hydroxylation is 1. The van der Waals surface area contributed by atoms with Crippen molar-refractivity contribution in [1.29, 1.82) is 0 Å². The molecule has 1 aliphatic heterocycles. The summed E-state index contributed by atoms with van der Waals surface area (Å²) in [4.78, 5) is 42.1. The molecule has 2 aromatic carbocycles. The van der Waals surface area contributed by atoms with Crippen molar-refractivity contribution in [3.05, 3.63) is 74.3 Å². The van der Waals surface area contributed by atoms with Gasteiger partial charge in [-0.05, 0) is 43.3 Å². The van der Waals surface area contributed by atoms with E-state index in [1.807, 2.05) is 37.3 Å². The maximum atomic E-state index is 12.9. The van der Waals surface area contributed by atoms with E-state index in [0.717, 1.165) is 5.69 Å². The average Bonchev–Trinajstić information content (AvgIpc) is 2.78. The molecule has 7 nitrogen and oxygen atoms in total. The number of fused-ring (bicyclic) bond motifs is 1. The smallest absolute Gasteiger partial charge is 0.317 e. The third-order valence-corrected chi connectivity index (χ3v) is 5.82. The molecular weight excluding hydrogens is 404 g/mol. The average molecular weight is 427 g/mol. The number of aromatic nitrogens is 2. The minimum atomic E-state index is -0.663. The number of para-hydroxylation sites is 2. The van der Waals surface area contributed by atoms with Crippen molar-refractivity contribution < 1.29 is 4.79 Å². The van der Waals surface area contributed by atoms with Crippen LogP contribution in [0.2, 0.25) is 5.02 Å². The first-order valence-electron chi connectivity index (χ1n) is 10.00. The third kappa shape index (κ3) is 3.73. The lowest BCUT2D eigenvalue weighted by Crippen LogP contribution is -2.51. The molecule has 1 aromatic heterocycles. The molecule has 0 saturated carbocycles. The Morgan fingerprint density at radius 3 is 2.03 bits per heavy atom. The highest BCUT2D eigenvalue weighted by atomic mass is 35.5. The number of benzene rings is 2. The lowest BCUT2D eigenvalue weighted by molar-refractivity contribution is -0.132. The van der Waals surface area contributed by atoms with Gasteiger partial charge in [-0.3, -0.25) is 19.0 Å². The number of halogens is 1. The first-order chi connectivity index (χ1) is 14.5. The van der Waals surface area contributed by atoms with E-state index in [0.29, 0.717) is 48.8 Å². The highest BCUT2D eigenvalue weighted by Gasteiger charge is 2.23. The van der Waals surface area contributed by atoms with Crippen LogP contribution in [-0.2, 0) is 17.9 Å². The predicted octanol–water partition coefficient (Wildman–Crippen LogP) is 2.19. The Balaban J connectivity index is 1.53. The molecular formula is C22H23ClN4O3. The van der Waals surface area contributed by atoms with Gasteiger partial charge in [-0.15, -0.1) is 0 Å². The quantitative estimate of drug-likeness (QED) is 0.600. The van der Waals surface area contributed by atoms with Crippen molar-refractivity contribution in [1.82, 2.24) is 14.0 Å². The van der Waals surface area contributed by atoms with E-state index in [1.54, 1.807) is 23.1 Å². The van der Waals surface area contributed by atoms with Gasteiger partial charge in [0.1, 0.15) is 6.54 Å². The number of rotatable bonds is 4. The molecule has 0 aliphatic carbocycles. The molecule has 0 radical (unpaired) electrons. The van der Waals surface area contributed by atoms with Crippen molar-refractivity contribution in [2.45, 2.75) is 20.0 Å². The van der Waals surface area contributed by atoms with E-state index in [2.05, 4.69) is 4.90 Å². The van der Waals surface area contributed by atoms with Crippen LogP contribution in [0.3, 0.4) is 0 Å². The van der Waals surface area contributed by atoms with Crippen LogP contribution < -0.4 is 16.0 Å². The Kier molecular flexibility index (Phi) is 5.63. The fraction of sp³-hybridized carbons (Fsp3) is 0.318. The number of hydrogen-bond donors (Lipinski definition) is 0. The highest BCUT2D eigenvalue weighted by molar-refractivity contribution is 6.30. The summed E-state index contributed by atoms with van der Waals surface area (Å²) in [5.74, 6) is -0.161. The maximum Gasteiger partial charge on any atom is 0.317 e. The second-order valence-corrected chi connectivity index (χ2v) is 7.71. The molecule has 1 amide bonds. The number of carbonyl (C=O) groups excluding carboxylic acids is 1. The molecule has 30 heavy (non-hydrogen) atoms. The Morgan fingerprint density at radius 1 is 0.867 bits per heavy atom. The number of anilines is 1. The molecule has 4 rings (SSSR count). The van der Waals surface area contributed by atoms with Crippen molar-refractivity contribution in [2.75, 3.05) is 31.1 Å². The van der Waals surface area contributed by atoms with Crippen LogP contribution >= 0.6 is 11.6 Å². The van der Waals surface area contributed by atoms with Gasteiger partial charge in [0.25, 0.3) is 0 Å². The van der Waals surface area contributed by atoms with Gasteiger partial charge in [-0.1, -0.05) is 23.7 Å². The lowest BCUT2D eigenvalue weighted by atomic mass is 10.2. The Bertz CT molecular complexity index is 1190. The van der Waals surface area contributed by atoms with Crippen LogP contribution in [0.4, 0.5) is 5.69 Å². The summed E-state index contributed by atoms with van der Waals surface area (Å²) < 4.78 is 2.75. The Morgan fingerprint density at radius 2 is 1.43 bits per heavy atom. The minimum absolute atomic E-state index is 0.139. The van der Waals surface area contributed by atoms with E-state index in [-0.39, 0.29) is 12.5 Å². The maximum absolute atomic E-state index is 12.9. The van der Waals surface area contributed by atoms with Crippen molar-refractivity contribution in [3.63, 3.8) is 0 Å². The summed E-state index contributed by atoms with van der Waals surface area (Å²) >= 11 is 5.95. The molecule has 1 aliphatic rings. The number of carbonyl (C=O) groups is 1. The molecule has 0 N–H and O–H groups in total. The second-order valence-electron chi connectivity index (χ2n) is 7.27. The van der Waals surface area contributed by atoms with E-state index in [1.165, 1.54) is 9.13 Å². The standard InChI is InChI=1S/C22H23ClN4O3/c1-2-26-18-5-3-4-6-19(18)27(22(30)21(26)29)15-20(28)25-13-11-24(12-14-25)17-9-7-16(23)8-10-17/h3-10H,2,11-15H2,1H3. The minimum Gasteiger partial charge on any atom is -0.368 e. The molecule has 0 unspecified atom stereocenters. The molecule has 2 heterocycles. The first kappa shape index (κ1) is 20.2. The molecule has 0 atom stereocenters. The SMILES string of the molecule is CCn1c(=O)c(=O)n(CC(=O)N2CCN(c3ccc(Cl)cc3)CC2)c2ccccc21. The Labute approximate surface area is 178 Å². The van der Waals surface area contributed by atoms with E-state index in [4.69, 9.17) is 11.6 Å². The molecule has 0 spiro atoms. The summed E-state index contributed by atoms with van der Waals surface area (Å²) in [5.41, 5.74) is 1.05. The summed E-state index contributed by atoms with van der Waals surface area (Å²) in [6, 6.07) is 14.8. The van der Waals surface area contributed by atoms with Gasteiger partial charge in [0.15, 0.2) is 0 Å². The zero-order valence-corrected chi connectivity index (χ0v) is 17.5. The topological polar surface area (TPSA) is 67.5 Å². The molecule has 3 aromatic rings. The van der Waals surface area contributed by atoms with Crippen LogP contribution in [-0.4, -0.2) is 46.1 Å². The number of hydrogen-bond acceptors (Lipinski definition) is 4. The summed E-state index contributed by atoms with van der Waals surface area (Å²) in [6.07, 6.45) is 0. The van der Waals surface area contributed by atoms with Gasteiger partial charge < -0.3 is 14.4 Å². The normalized spacial score (nSPS) is 14.3. The molecule has 1 saturated heterocycles. The van der Waals surface area contributed by atoms with Crippen molar-refractivity contribution in [2.24, 2.45) is 0 Å². The summed E-state index contributed by atoms with van der Waals surface area (Å²) in [6.45, 7) is 4.58. The number of nitrogens with zero attached hydrogens (tertiary/aromatic N) is 4. The fourth-order valence-electron chi connectivity index (χ4n) is 3.94. The lowest BCUT2D eigenvalue weighted by Gasteiger charge is -2.36. The second kappa shape index (κ2) is 8.36. The molecule has 1 fully saturated rings. The van der Waals surface area contributed by atoms with Crippen molar-refractivity contribution >= 4 is 34.2 Å². The fourth-order valence-corrected chi connectivity index (χ4v) is 4.07. The van der Waals surface area contributed by atoms with E-state index >= 15 is 0 Å². The number of amides is 1. The molecule has 0 bridgehead atoms. The first-order valence-corrected chi connectivity index (χ1v) is 10.4. The van der Waals surface area contributed by atoms with E-state index < -0.39 is 11.1 Å². The third-order valence-electron chi connectivity index (χ3n) is 5.57. The number of piperazine rings is 1. The van der Waals surface area contributed by atoms with Gasteiger partial charge in [0.2, 0.25) is 5.91 Å². The van der Waals surface area contributed by atoms with Gasteiger partial charge in [-0.2, -0.15) is 0 Å². The van der Waals surface area contributed by atoms with E-state index in [9.17, 15) is 14.4 Å². The van der Waals surface area contributed by atoms with Crippen LogP contribution in [0, 0.1) is 0 Å². The summed E-state index contributed by atoms with van der Waals surface area (Å²) in [5, 5.41) is 0.690. The Hall–Kier alpha value is -3.06. The van der Waals surface area contributed by atoms with Crippen LogP contribution in [0.15, 0.2) is 58.1 Å². The predicted molar refractivity (Wildman–Crippen MR) is 118 cm³/mol. The molecule has 156 valence electrons. The largest absolute Gasteiger partial charge is 0.368 e. The van der Waals surface area contributed by atoms with Crippen molar-refractivity contribution in [3.8, 4) is 0 Å².